The number of amides is 4. The predicted octanol–water partition coefficient (Wildman–Crippen LogP) is 2.16. The van der Waals surface area contributed by atoms with Crippen LogP contribution in [-0.4, -0.2) is 81.3 Å². The van der Waals surface area contributed by atoms with Gasteiger partial charge in [-0.1, -0.05) is 60.7 Å². The Balaban J connectivity index is 1.61. The van der Waals surface area contributed by atoms with Gasteiger partial charge in [-0.2, -0.15) is 0 Å². The number of benzene rings is 2. The Bertz CT molecular complexity index is 1240. The molecular formula is C32H40N4O6. The molecule has 3 fully saturated rings. The van der Waals surface area contributed by atoms with E-state index in [4.69, 9.17) is 9.47 Å². The highest BCUT2D eigenvalue weighted by Crippen LogP contribution is 2.36. The summed E-state index contributed by atoms with van der Waals surface area (Å²) in [5, 5.41) is 5.89. The summed E-state index contributed by atoms with van der Waals surface area (Å²) in [5.74, 6) is -1.87. The summed E-state index contributed by atoms with van der Waals surface area (Å²) in [5.41, 5.74) is -0.609. The molecule has 10 heteroatoms. The average Bonchev–Trinajstić information content (AvgIpc) is 3.32. The van der Waals surface area contributed by atoms with Crippen LogP contribution in [0.2, 0.25) is 0 Å². The van der Waals surface area contributed by atoms with Gasteiger partial charge in [-0.05, 0) is 52.7 Å². The Morgan fingerprint density at radius 3 is 1.29 bits per heavy atom. The molecular weight excluding hydrogens is 536 g/mol. The van der Waals surface area contributed by atoms with Crippen molar-refractivity contribution in [1.29, 1.82) is 0 Å². The molecule has 5 rings (SSSR count). The fourth-order valence-electron chi connectivity index (χ4n) is 6.66. The predicted molar refractivity (Wildman–Crippen MR) is 155 cm³/mol. The molecule has 2 aromatic rings. The van der Waals surface area contributed by atoms with E-state index < -0.39 is 71.5 Å². The normalized spacial score (nSPS) is 31.0. The second kappa shape index (κ2) is 11.1. The molecule has 0 radical (unpaired) electrons. The van der Waals surface area contributed by atoms with Crippen molar-refractivity contribution in [2.24, 2.45) is 0 Å². The van der Waals surface area contributed by atoms with E-state index in [0.29, 0.717) is 0 Å². The van der Waals surface area contributed by atoms with Gasteiger partial charge in [0.1, 0.15) is 35.6 Å². The van der Waals surface area contributed by atoms with E-state index in [1.807, 2.05) is 60.7 Å². The van der Waals surface area contributed by atoms with Gasteiger partial charge >= 0.3 is 0 Å². The lowest BCUT2D eigenvalue weighted by Crippen LogP contribution is -2.66. The molecule has 0 aliphatic carbocycles. The smallest absolute Gasteiger partial charge is 0.248 e. The van der Waals surface area contributed by atoms with Crippen molar-refractivity contribution in [2.75, 3.05) is 0 Å². The zero-order valence-electron chi connectivity index (χ0n) is 25.0. The Hall–Kier alpha value is -3.76. The molecule has 0 bridgehead atoms. The maximum Gasteiger partial charge on any atom is 0.248 e. The lowest BCUT2D eigenvalue weighted by atomic mass is 9.98. The monoisotopic (exact) mass is 576 g/mol. The lowest BCUT2D eigenvalue weighted by molar-refractivity contribution is -0.157. The Morgan fingerprint density at radius 2 is 0.952 bits per heavy atom. The van der Waals surface area contributed by atoms with Gasteiger partial charge in [0.05, 0.1) is 12.2 Å². The summed E-state index contributed by atoms with van der Waals surface area (Å²) in [7, 11) is 0. The molecule has 2 aromatic carbocycles. The van der Waals surface area contributed by atoms with Gasteiger partial charge in [-0.25, -0.2) is 0 Å². The molecule has 3 aliphatic rings. The molecule has 3 heterocycles. The van der Waals surface area contributed by atoms with E-state index in [0.717, 1.165) is 11.1 Å². The SMILES string of the molecule is CC1OC(C)(C)N2C(=O)[C@H](Cc3ccccc3)NC(=O)[C@@H]3C(C)OC(C)(C)N3C(=O)[C@H](Cc3ccccc3)NC(=O)[C@H]12. The first-order chi connectivity index (χ1) is 19.8. The first-order valence-electron chi connectivity index (χ1n) is 14.5. The summed E-state index contributed by atoms with van der Waals surface area (Å²) in [6.45, 7) is 10.4. The van der Waals surface area contributed by atoms with Gasteiger partial charge in [0.15, 0.2) is 0 Å². The standard InChI is InChI=1S/C32H40N4O6/c1-19-25-27(37)33-24(18-22-15-11-8-12-16-22)30(40)36-26(20(2)42-32(36,5)6)28(38)34-23(17-21-13-9-7-10-14-21)29(39)35(25)31(3,4)41-19/h7-16,19-20,23-26H,17-18H2,1-6H3,(H,33,37)(H,34,38)/t19?,20?,23-,24-,25-,26-/m0/s1. The summed E-state index contributed by atoms with van der Waals surface area (Å²) in [6, 6.07) is 14.6. The molecule has 0 spiro atoms. The van der Waals surface area contributed by atoms with Crippen molar-refractivity contribution in [3.05, 3.63) is 71.8 Å². The summed E-state index contributed by atoms with van der Waals surface area (Å²) in [6.07, 6.45) is -0.939. The molecule has 6 atom stereocenters. The van der Waals surface area contributed by atoms with E-state index in [1.165, 1.54) is 9.80 Å². The molecule has 3 saturated heterocycles. The van der Waals surface area contributed by atoms with Crippen LogP contribution < -0.4 is 10.6 Å². The third kappa shape index (κ3) is 5.53. The third-order valence-electron chi connectivity index (χ3n) is 8.36. The van der Waals surface area contributed by atoms with Crippen molar-refractivity contribution in [3.63, 3.8) is 0 Å². The lowest BCUT2D eigenvalue weighted by Gasteiger charge is -2.40. The number of ether oxygens (including phenoxy) is 2. The fourth-order valence-corrected chi connectivity index (χ4v) is 6.66. The summed E-state index contributed by atoms with van der Waals surface area (Å²) in [4.78, 5) is 59.7. The quantitative estimate of drug-likeness (QED) is 0.576. The zero-order chi connectivity index (χ0) is 30.4. The minimum absolute atomic E-state index is 0.191. The van der Waals surface area contributed by atoms with Crippen LogP contribution in [0, 0.1) is 0 Å². The van der Waals surface area contributed by atoms with Crippen molar-refractivity contribution in [2.45, 2.75) is 102 Å². The zero-order valence-corrected chi connectivity index (χ0v) is 25.0. The minimum Gasteiger partial charge on any atom is -0.350 e. The number of carbonyl (C=O) groups is 4. The Morgan fingerprint density at radius 1 is 0.619 bits per heavy atom. The van der Waals surface area contributed by atoms with Gasteiger partial charge < -0.3 is 20.1 Å². The molecule has 10 nitrogen and oxygen atoms in total. The first-order valence-corrected chi connectivity index (χ1v) is 14.5. The van der Waals surface area contributed by atoms with Crippen LogP contribution >= 0.6 is 0 Å². The van der Waals surface area contributed by atoms with Crippen LogP contribution in [0.5, 0.6) is 0 Å². The van der Waals surface area contributed by atoms with Crippen molar-refractivity contribution in [3.8, 4) is 0 Å². The van der Waals surface area contributed by atoms with Crippen molar-refractivity contribution in [1.82, 2.24) is 20.4 Å². The van der Waals surface area contributed by atoms with Crippen LogP contribution in [0.4, 0.5) is 0 Å². The van der Waals surface area contributed by atoms with Crippen molar-refractivity contribution >= 4 is 23.6 Å². The van der Waals surface area contributed by atoms with Gasteiger partial charge in [0.25, 0.3) is 0 Å². The van der Waals surface area contributed by atoms with Gasteiger partial charge in [0.2, 0.25) is 23.6 Å². The number of hydrogen-bond acceptors (Lipinski definition) is 6. The van der Waals surface area contributed by atoms with E-state index in [-0.39, 0.29) is 12.8 Å². The van der Waals surface area contributed by atoms with E-state index >= 15 is 0 Å². The number of nitrogens with one attached hydrogen (secondary N) is 2. The van der Waals surface area contributed by atoms with E-state index in [1.54, 1.807) is 41.5 Å². The minimum atomic E-state index is -1.14. The molecule has 224 valence electrons. The molecule has 0 saturated carbocycles. The number of hydrogen-bond donors (Lipinski definition) is 2. The number of nitrogens with zero attached hydrogens (tertiary/aromatic N) is 2. The van der Waals surface area contributed by atoms with Crippen LogP contribution in [0.25, 0.3) is 0 Å². The Kier molecular flexibility index (Phi) is 7.89. The van der Waals surface area contributed by atoms with Gasteiger partial charge in [-0.3, -0.25) is 29.0 Å². The third-order valence-corrected chi connectivity index (χ3v) is 8.36. The molecule has 4 amide bonds. The Labute approximate surface area is 246 Å². The van der Waals surface area contributed by atoms with Crippen molar-refractivity contribution < 1.29 is 28.7 Å². The second-order valence-corrected chi connectivity index (χ2v) is 12.3. The second-order valence-electron chi connectivity index (χ2n) is 12.3. The maximum atomic E-state index is 14.4. The van der Waals surface area contributed by atoms with Crippen LogP contribution in [0.3, 0.4) is 0 Å². The molecule has 3 aliphatic heterocycles. The summed E-state index contributed by atoms with van der Waals surface area (Å²) < 4.78 is 12.3. The molecule has 2 unspecified atom stereocenters. The first kappa shape index (κ1) is 29.7. The average molecular weight is 577 g/mol. The summed E-state index contributed by atoms with van der Waals surface area (Å²) >= 11 is 0. The number of carbonyl (C=O) groups excluding carboxylic acids is 4. The topological polar surface area (TPSA) is 117 Å². The number of rotatable bonds is 4. The van der Waals surface area contributed by atoms with E-state index in [2.05, 4.69) is 10.6 Å². The van der Waals surface area contributed by atoms with Gasteiger partial charge in [0, 0.05) is 12.8 Å². The highest BCUT2D eigenvalue weighted by atomic mass is 16.5. The highest BCUT2D eigenvalue weighted by Gasteiger charge is 2.56. The largest absolute Gasteiger partial charge is 0.350 e. The van der Waals surface area contributed by atoms with E-state index in [9.17, 15) is 19.2 Å². The maximum absolute atomic E-state index is 14.4. The molecule has 0 aromatic heterocycles. The molecule has 42 heavy (non-hydrogen) atoms. The molecule has 2 N–H and O–H groups in total. The van der Waals surface area contributed by atoms with Crippen LogP contribution in [-0.2, 0) is 41.5 Å². The highest BCUT2D eigenvalue weighted by molar-refractivity contribution is 5.99. The van der Waals surface area contributed by atoms with Crippen LogP contribution in [0.15, 0.2) is 60.7 Å². The number of fused-ring (bicyclic) bond motifs is 2. The fraction of sp³-hybridized carbons (Fsp3) is 0.500. The van der Waals surface area contributed by atoms with Gasteiger partial charge in [-0.15, -0.1) is 0 Å². The van der Waals surface area contributed by atoms with Crippen LogP contribution in [0.1, 0.15) is 52.7 Å².